The molecule has 4 atom stereocenters. The summed E-state index contributed by atoms with van der Waals surface area (Å²) in [5.41, 5.74) is 1.44. The summed E-state index contributed by atoms with van der Waals surface area (Å²) >= 11 is 0. The van der Waals surface area contributed by atoms with Crippen LogP contribution in [0.15, 0.2) is 41.3 Å². The van der Waals surface area contributed by atoms with Gasteiger partial charge >= 0.3 is 5.69 Å². The summed E-state index contributed by atoms with van der Waals surface area (Å²) in [6.45, 7) is 8.73. The Kier molecular flexibility index (Phi) is 6.71. The van der Waals surface area contributed by atoms with E-state index < -0.39 is 6.23 Å². The summed E-state index contributed by atoms with van der Waals surface area (Å²) in [6.07, 6.45) is 1.31. The van der Waals surface area contributed by atoms with Crippen molar-refractivity contribution < 1.29 is 18.9 Å². The Morgan fingerprint density at radius 1 is 1.19 bits per heavy atom. The first-order chi connectivity index (χ1) is 14.9. The van der Waals surface area contributed by atoms with E-state index in [0.29, 0.717) is 25.5 Å². The van der Waals surface area contributed by atoms with Crippen molar-refractivity contribution >= 4 is 5.82 Å². The van der Waals surface area contributed by atoms with E-state index in [1.165, 1.54) is 0 Å². The third-order valence-electron chi connectivity index (χ3n) is 5.33. The molecular formula is C23H31N3O5. The minimum absolute atomic E-state index is 0.0554. The lowest BCUT2D eigenvalue weighted by Crippen LogP contribution is -2.32. The van der Waals surface area contributed by atoms with E-state index in [1.54, 1.807) is 10.8 Å². The van der Waals surface area contributed by atoms with Crippen molar-refractivity contribution in [3.05, 3.63) is 58.1 Å². The van der Waals surface area contributed by atoms with Crippen LogP contribution in [0.5, 0.6) is 0 Å². The Morgan fingerprint density at radius 2 is 1.97 bits per heavy atom. The average molecular weight is 430 g/mol. The molecule has 4 rings (SSSR count). The lowest BCUT2D eigenvalue weighted by Gasteiger charge is -2.27. The van der Waals surface area contributed by atoms with Crippen LogP contribution in [0.3, 0.4) is 0 Å². The highest BCUT2D eigenvalue weighted by molar-refractivity contribution is 5.45. The lowest BCUT2D eigenvalue weighted by molar-refractivity contribution is -0.0964. The van der Waals surface area contributed by atoms with Gasteiger partial charge in [-0.15, -0.1) is 0 Å². The Labute approximate surface area is 182 Å². The molecular weight excluding hydrogens is 398 g/mol. The van der Waals surface area contributed by atoms with Gasteiger partial charge in [0.05, 0.1) is 31.5 Å². The highest BCUT2D eigenvalue weighted by Crippen LogP contribution is 2.33. The largest absolute Gasteiger partial charge is 0.376 e. The van der Waals surface area contributed by atoms with E-state index in [2.05, 4.69) is 10.3 Å². The summed E-state index contributed by atoms with van der Waals surface area (Å²) in [7, 11) is 0. The highest BCUT2D eigenvalue weighted by atomic mass is 16.6. The molecule has 2 aliphatic rings. The standard InChI is InChI=1S/C23H31N3O5/c1-14(2)28-13-19-18(30-15(3)4)10-20(31-19)26-11-17-12-29-22(16-8-6-5-7-9-16)24-21(17)25-23(26)27/h5-9,11,14-15,18-20,22H,10,12-13H2,1-4H3,(H,24,25,27)/t18?,19-,20-,22?/m1/s1. The molecule has 8 heteroatoms. The third kappa shape index (κ3) is 5.15. The Morgan fingerprint density at radius 3 is 2.68 bits per heavy atom. The predicted molar refractivity (Wildman–Crippen MR) is 116 cm³/mol. The second-order valence-electron chi connectivity index (χ2n) is 8.52. The van der Waals surface area contributed by atoms with Crippen molar-refractivity contribution in [2.45, 2.75) is 77.6 Å². The van der Waals surface area contributed by atoms with Gasteiger partial charge in [-0.3, -0.25) is 4.57 Å². The van der Waals surface area contributed by atoms with Crippen molar-refractivity contribution in [1.29, 1.82) is 0 Å². The fourth-order valence-electron chi connectivity index (χ4n) is 3.89. The van der Waals surface area contributed by atoms with Crippen LogP contribution in [0.4, 0.5) is 5.82 Å². The number of hydrogen-bond acceptors (Lipinski definition) is 7. The van der Waals surface area contributed by atoms with Crippen molar-refractivity contribution in [3.8, 4) is 0 Å². The molecule has 3 heterocycles. The van der Waals surface area contributed by atoms with Crippen LogP contribution in [0.1, 0.15) is 57.7 Å². The minimum atomic E-state index is -0.457. The smallest absolute Gasteiger partial charge is 0.351 e. The molecule has 2 aromatic rings. The number of nitrogens with zero attached hydrogens (tertiary/aromatic N) is 2. The number of nitrogens with one attached hydrogen (secondary N) is 1. The molecule has 0 spiro atoms. The van der Waals surface area contributed by atoms with Gasteiger partial charge in [0, 0.05) is 23.7 Å². The number of aromatic nitrogens is 2. The summed E-state index contributed by atoms with van der Waals surface area (Å²) in [5, 5.41) is 3.22. The van der Waals surface area contributed by atoms with Crippen LogP contribution in [-0.2, 0) is 25.6 Å². The van der Waals surface area contributed by atoms with Crippen molar-refractivity contribution in [3.63, 3.8) is 0 Å². The fourth-order valence-corrected chi connectivity index (χ4v) is 3.89. The number of hydrogen-bond donors (Lipinski definition) is 1. The van der Waals surface area contributed by atoms with Crippen LogP contribution in [0.2, 0.25) is 0 Å². The molecule has 1 fully saturated rings. The minimum Gasteiger partial charge on any atom is -0.376 e. The van der Waals surface area contributed by atoms with Crippen molar-refractivity contribution in [2.75, 3.05) is 11.9 Å². The van der Waals surface area contributed by atoms with Crippen molar-refractivity contribution in [1.82, 2.24) is 9.55 Å². The number of benzene rings is 1. The van der Waals surface area contributed by atoms with E-state index in [4.69, 9.17) is 18.9 Å². The van der Waals surface area contributed by atoms with Crippen molar-refractivity contribution in [2.24, 2.45) is 0 Å². The SMILES string of the molecule is CC(C)OC[C@H]1O[C@@H](n2cc3c(nc2=O)NC(c2ccccc2)OC3)CC1OC(C)C. The first-order valence-electron chi connectivity index (χ1n) is 10.9. The van der Waals surface area contributed by atoms with E-state index in [1.807, 2.05) is 58.0 Å². The molecule has 8 nitrogen and oxygen atoms in total. The van der Waals surface area contributed by atoms with Crippen LogP contribution in [0, 0.1) is 0 Å². The molecule has 0 bridgehead atoms. The molecule has 0 amide bonds. The van der Waals surface area contributed by atoms with Crippen LogP contribution < -0.4 is 11.0 Å². The summed E-state index contributed by atoms with van der Waals surface area (Å²) in [4.78, 5) is 17.1. The van der Waals surface area contributed by atoms with Gasteiger partial charge in [0.2, 0.25) is 0 Å². The summed E-state index contributed by atoms with van der Waals surface area (Å²) < 4.78 is 25.5. The average Bonchev–Trinajstić information content (AvgIpc) is 3.13. The second kappa shape index (κ2) is 9.48. The molecule has 168 valence electrons. The molecule has 1 aromatic heterocycles. The number of anilines is 1. The molecule has 0 aliphatic carbocycles. The molecule has 1 aromatic carbocycles. The summed E-state index contributed by atoms with van der Waals surface area (Å²) in [5.74, 6) is 0.550. The van der Waals surface area contributed by atoms with Gasteiger partial charge in [0.15, 0.2) is 6.23 Å². The normalized spacial score (nSPS) is 25.6. The molecule has 1 N–H and O–H groups in total. The zero-order chi connectivity index (χ0) is 22.0. The molecule has 1 saturated heterocycles. The second-order valence-corrected chi connectivity index (χ2v) is 8.52. The van der Waals surface area contributed by atoms with Crippen LogP contribution in [0.25, 0.3) is 0 Å². The number of rotatable bonds is 7. The molecule has 31 heavy (non-hydrogen) atoms. The lowest BCUT2D eigenvalue weighted by atomic mass is 10.1. The maximum Gasteiger partial charge on any atom is 0.351 e. The van der Waals surface area contributed by atoms with Gasteiger partial charge < -0.3 is 24.3 Å². The zero-order valence-electron chi connectivity index (χ0n) is 18.5. The predicted octanol–water partition coefficient (Wildman–Crippen LogP) is 3.39. The highest BCUT2D eigenvalue weighted by Gasteiger charge is 2.38. The molecule has 2 unspecified atom stereocenters. The van der Waals surface area contributed by atoms with Gasteiger partial charge in [0.1, 0.15) is 18.1 Å². The Balaban J connectivity index is 1.52. The van der Waals surface area contributed by atoms with Crippen LogP contribution in [-0.4, -0.2) is 40.6 Å². The molecule has 0 radical (unpaired) electrons. The first kappa shape index (κ1) is 22.0. The maximum atomic E-state index is 12.8. The molecule has 2 aliphatic heterocycles. The fraction of sp³-hybridized carbons (Fsp3) is 0.565. The quantitative estimate of drug-likeness (QED) is 0.722. The van der Waals surface area contributed by atoms with Gasteiger partial charge in [-0.2, -0.15) is 4.98 Å². The maximum absolute atomic E-state index is 12.8. The summed E-state index contributed by atoms with van der Waals surface area (Å²) in [6, 6.07) is 9.81. The molecule has 0 saturated carbocycles. The third-order valence-corrected chi connectivity index (χ3v) is 5.33. The first-order valence-corrected chi connectivity index (χ1v) is 10.9. The van der Waals surface area contributed by atoms with Gasteiger partial charge in [-0.1, -0.05) is 30.3 Å². The monoisotopic (exact) mass is 429 g/mol. The Bertz CT molecular complexity index is 931. The van der Waals surface area contributed by atoms with E-state index in [0.717, 1.165) is 11.1 Å². The van der Waals surface area contributed by atoms with E-state index >= 15 is 0 Å². The van der Waals surface area contributed by atoms with Gasteiger partial charge in [-0.05, 0) is 27.7 Å². The van der Waals surface area contributed by atoms with Gasteiger partial charge in [0.25, 0.3) is 0 Å². The number of ether oxygens (including phenoxy) is 4. The van der Waals surface area contributed by atoms with E-state index in [-0.39, 0.29) is 36.3 Å². The van der Waals surface area contributed by atoms with Crippen LogP contribution >= 0.6 is 0 Å². The number of fused-ring (bicyclic) bond motifs is 1. The van der Waals surface area contributed by atoms with Gasteiger partial charge in [-0.25, -0.2) is 4.79 Å². The van der Waals surface area contributed by atoms with E-state index in [9.17, 15) is 4.79 Å². The Hall–Kier alpha value is -2.26. The zero-order valence-corrected chi connectivity index (χ0v) is 18.5. The topological polar surface area (TPSA) is 83.8 Å².